The fourth-order valence-corrected chi connectivity index (χ4v) is 1.79. The van der Waals surface area contributed by atoms with Gasteiger partial charge in [0.25, 0.3) is 0 Å². The zero-order chi connectivity index (χ0) is 15.9. The van der Waals surface area contributed by atoms with Gasteiger partial charge in [-0.1, -0.05) is 25.8 Å². The van der Waals surface area contributed by atoms with Crippen molar-refractivity contribution in [3.63, 3.8) is 0 Å². The summed E-state index contributed by atoms with van der Waals surface area (Å²) in [5, 5.41) is 0. The van der Waals surface area contributed by atoms with Crippen molar-refractivity contribution in [1.82, 2.24) is 4.98 Å². The van der Waals surface area contributed by atoms with E-state index in [1.165, 1.54) is 12.1 Å². The van der Waals surface area contributed by atoms with Crippen LogP contribution in [0.1, 0.15) is 37.1 Å². The monoisotopic (exact) mass is 301 g/mol. The molecule has 1 aromatic heterocycles. The van der Waals surface area contributed by atoms with Crippen molar-refractivity contribution in [1.29, 1.82) is 0 Å². The fraction of sp³-hybridized carbons (Fsp3) is 0.278. The van der Waals surface area contributed by atoms with Crippen LogP contribution in [0.15, 0.2) is 30.5 Å². The Kier molecular flexibility index (Phi) is 5.48. The van der Waals surface area contributed by atoms with Crippen molar-refractivity contribution >= 4 is 0 Å². The molecule has 0 bridgehead atoms. The highest BCUT2D eigenvalue weighted by molar-refractivity contribution is 5.44. The van der Waals surface area contributed by atoms with Crippen LogP contribution < -0.4 is 4.74 Å². The van der Waals surface area contributed by atoms with E-state index in [2.05, 4.69) is 16.8 Å². The van der Waals surface area contributed by atoms with Crippen molar-refractivity contribution < 1.29 is 13.5 Å². The van der Waals surface area contributed by atoms with Crippen LogP contribution in [-0.2, 0) is 6.42 Å². The van der Waals surface area contributed by atoms with Gasteiger partial charge in [-0.3, -0.25) is 0 Å². The topological polar surface area (TPSA) is 22.1 Å². The first kappa shape index (κ1) is 16.0. The van der Waals surface area contributed by atoms with E-state index in [-0.39, 0.29) is 11.3 Å². The Morgan fingerprint density at radius 1 is 1.05 bits per heavy atom. The molecule has 0 N–H and O–H groups in total. The van der Waals surface area contributed by atoms with E-state index >= 15 is 0 Å². The number of nitrogens with zero attached hydrogens (tertiary/aromatic N) is 1. The average molecular weight is 301 g/mol. The summed E-state index contributed by atoms with van der Waals surface area (Å²) in [5.74, 6) is 3.26. The quantitative estimate of drug-likeness (QED) is 0.793. The van der Waals surface area contributed by atoms with Crippen molar-refractivity contribution in [2.24, 2.45) is 0 Å². The molecule has 0 aliphatic heterocycles. The SMILES string of the molecule is CCCOc1ccc(C#Cc2ccc(CC)cn2)c(F)c1F. The predicted octanol–water partition coefficient (Wildman–Crippen LogP) is 4.11. The first-order valence-electron chi connectivity index (χ1n) is 7.23. The largest absolute Gasteiger partial charge is 0.490 e. The molecule has 2 nitrogen and oxygen atoms in total. The first-order valence-corrected chi connectivity index (χ1v) is 7.23. The fourth-order valence-electron chi connectivity index (χ4n) is 1.79. The number of benzene rings is 1. The van der Waals surface area contributed by atoms with Gasteiger partial charge in [0, 0.05) is 6.20 Å². The van der Waals surface area contributed by atoms with Crippen LogP contribution in [0, 0.1) is 23.5 Å². The van der Waals surface area contributed by atoms with E-state index in [0.29, 0.717) is 12.3 Å². The van der Waals surface area contributed by atoms with Gasteiger partial charge in [-0.25, -0.2) is 9.37 Å². The zero-order valence-electron chi connectivity index (χ0n) is 12.6. The Labute approximate surface area is 129 Å². The van der Waals surface area contributed by atoms with E-state index in [4.69, 9.17) is 4.74 Å². The molecule has 22 heavy (non-hydrogen) atoms. The highest BCUT2D eigenvalue weighted by Gasteiger charge is 2.13. The molecule has 0 aliphatic carbocycles. The molecule has 0 atom stereocenters. The number of aryl methyl sites for hydroxylation is 1. The van der Waals surface area contributed by atoms with E-state index in [1.54, 1.807) is 12.3 Å². The van der Waals surface area contributed by atoms with Crippen molar-refractivity contribution in [3.05, 3.63) is 58.9 Å². The number of halogens is 2. The third-order valence-electron chi connectivity index (χ3n) is 3.07. The van der Waals surface area contributed by atoms with Crippen molar-refractivity contribution in [2.45, 2.75) is 26.7 Å². The van der Waals surface area contributed by atoms with Crippen LogP contribution in [0.3, 0.4) is 0 Å². The summed E-state index contributed by atoms with van der Waals surface area (Å²) in [6.45, 7) is 4.27. The Morgan fingerprint density at radius 3 is 2.50 bits per heavy atom. The summed E-state index contributed by atoms with van der Waals surface area (Å²) in [6.07, 6.45) is 3.34. The summed E-state index contributed by atoms with van der Waals surface area (Å²) in [7, 11) is 0. The number of pyridine rings is 1. The number of hydrogen-bond donors (Lipinski definition) is 0. The maximum absolute atomic E-state index is 13.9. The highest BCUT2D eigenvalue weighted by atomic mass is 19.2. The maximum atomic E-state index is 13.9. The molecule has 2 aromatic rings. The Morgan fingerprint density at radius 2 is 1.86 bits per heavy atom. The highest BCUT2D eigenvalue weighted by Crippen LogP contribution is 2.22. The lowest BCUT2D eigenvalue weighted by Crippen LogP contribution is -2.00. The lowest BCUT2D eigenvalue weighted by Gasteiger charge is -2.06. The molecule has 2 rings (SSSR count). The molecule has 0 spiro atoms. The number of aromatic nitrogens is 1. The van der Waals surface area contributed by atoms with E-state index in [1.807, 2.05) is 19.9 Å². The Balaban J connectivity index is 2.23. The molecule has 0 unspecified atom stereocenters. The molecule has 0 radical (unpaired) electrons. The molecule has 1 heterocycles. The molecular formula is C18H17F2NO. The van der Waals surface area contributed by atoms with Gasteiger partial charge in [0.05, 0.1) is 12.2 Å². The predicted molar refractivity (Wildman–Crippen MR) is 81.7 cm³/mol. The number of rotatable bonds is 4. The third kappa shape index (κ3) is 3.82. The lowest BCUT2D eigenvalue weighted by atomic mass is 10.1. The number of ether oxygens (including phenoxy) is 1. The van der Waals surface area contributed by atoms with Gasteiger partial charge < -0.3 is 4.74 Å². The van der Waals surface area contributed by atoms with E-state index in [9.17, 15) is 8.78 Å². The summed E-state index contributed by atoms with van der Waals surface area (Å²) < 4.78 is 32.9. The third-order valence-corrected chi connectivity index (χ3v) is 3.07. The van der Waals surface area contributed by atoms with Gasteiger partial charge in [-0.2, -0.15) is 4.39 Å². The average Bonchev–Trinajstić information content (AvgIpc) is 2.56. The standard InChI is InChI=1S/C18H17F2NO/c1-3-11-22-16-10-7-14(17(19)18(16)20)6-9-15-8-5-13(4-2)12-21-15/h5,7-8,10,12H,3-4,11H2,1-2H3. The molecule has 0 saturated carbocycles. The second-order valence-corrected chi connectivity index (χ2v) is 4.74. The summed E-state index contributed by atoms with van der Waals surface area (Å²) >= 11 is 0. The maximum Gasteiger partial charge on any atom is 0.201 e. The minimum absolute atomic E-state index is 0.0114. The molecule has 0 saturated heterocycles. The van der Waals surface area contributed by atoms with Crippen LogP contribution >= 0.6 is 0 Å². The molecule has 0 amide bonds. The van der Waals surface area contributed by atoms with Gasteiger partial charge in [-0.05, 0) is 42.5 Å². The van der Waals surface area contributed by atoms with Gasteiger partial charge in [0.1, 0.15) is 5.69 Å². The van der Waals surface area contributed by atoms with Crippen molar-refractivity contribution in [2.75, 3.05) is 6.61 Å². The minimum atomic E-state index is -1.01. The van der Waals surface area contributed by atoms with Gasteiger partial charge in [-0.15, -0.1) is 0 Å². The summed E-state index contributed by atoms with van der Waals surface area (Å²) in [4.78, 5) is 4.16. The molecule has 0 aliphatic rings. The van der Waals surface area contributed by atoms with Gasteiger partial charge in [0.15, 0.2) is 11.6 Å². The van der Waals surface area contributed by atoms with E-state index in [0.717, 1.165) is 18.4 Å². The van der Waals surface area contributed by atoms with Crippen LogP contribution in [0.25, 0.3) is 0 Å². The van der Waals surface area contributed by atoms with Gasteiger partial charge >= 0.3 is 0 Å². The van der Waals surface area contributed by atoms with Crippen LogP contribution in [0.2, 0.25) is 0 Å². The van der Waals surface area contributed by atoms with Crippen molar-refractivity contribution in [3.8, 4) is 17.6 Å². The smallest absolute Gasteiger partial charge is 0.201 e. The van der Waals surface area contributed by atoms with E-state index < -0.39 is 11.6 Å². The zero-order valence-corrected chi connectivity index (χ0v) is 12.6. The van der Waals surface area contributed by atoms with Gasteiger partial charge in [0.2, 0.25) is 5.82 Å². The Bertz CT molecular complexity index is 700. The molecule has 114 valence electrons. The lowest BCUT2D eigenvalue weighted by molar-refractivity contribution is 0.295. The molecule has 1 aromatic carbocycles. The normalized spacial score (nSPS) is 10.0. The second-order valence-electron chi connectivity index (χ2n) is 4.74. The molecular weight excluding hydrogens is 284 g/mol. The summed E-state index contributed by atoms with van der Waals surface area (Å²) in [5.41, 5.74) is 1.60. The Hall–Kier alpha value is -2.41. The second kappa shape index (κ2) is 7.56. The molecule has 0 fully saturated rings. The minimum Gasteiger partial charge on any atom is -0.490 e. The molecule has 4 heteroatoms. The van der Waals surface area contributed by atoms with Crippen LogP contribution in [0.5, 0.6) is 5.75 Å². The van der Waals surface area contributed by atoms with Crippen LogP contribution in [0.4, 0.5) is 8.78 Å². The summed E-state index contributed by atoms with van der Waals surface area (Å²) in [6, 6.07) is 6.48. The number of hydrogen-bond acceptors (Lipinski definition) is 2. The first-order chi connectivity index (χ1) is 10.7. The van der Waals surface area contributed by atoms with Crippen LogP contribution in [-0.4, -0.2) is 11.6 Å².